The first-order valence-corrected chi connectivity index (χ1v) is 9.63. The summed E-state index contributed by atoms with van der Waals surface area (Å²) >= 11 is 0. The Balaban J connectivity index is 2.08. The minimum Gasteiger partial charge on any atom is -0.340 e. The Morgan fingerprint density at radius 2 is 1.79 bits per heavy atom. The number of benzene rings is 1. The van der Waals surface area contributed by atoms with Gasteiger partial charge < -0.3 is 10.2 Å². The minimum atomic E-state index is -0.587. The third kappa shape index (κ3) is 5.44. The second kappa shape index (κ2) is 8.59. The summed E-state index contributed by atoms with van der Waals surface area (Å²) in [4.78, 5) is 27.3. The molecule has 0 radical (unpaired) electrons. The van der Waals surface area contributed by atoms with E-state index in [1.165, 1.54) is 0 Å². The highest BCUT2D eigenvalue weighted by Crippen LogP contribution is 2.22. The van der Waals surface area contributed by atoms with Crippen LogP contribution in [0.1, 0.15) is 56.1 Å². The highest BCUT2D eigenvalue weighted by Gasteiger charge is 2.27. The van der Waals surface area contributed by atoms with Crippen LogP contribution in [0.4, 0.5) is 0 Å². The van der Waals surface area contributed by atoms with Crippen molar-refractivity contribution in [1.82, 2.24) is 20.0 Å². The number of carbonyl (C=O) groups excluding carboxylic acids is 2. The van der Waals surface area contributed by atoms with E-state index in [-0.39, 0.29) is 23.1 Å². The molecular formula is C22H32N4O2. The van der Waals surface area contributed by atoms with Crippen LogP contribution >= 0.6 is 0 Å². The molecule has 1 aromatic heterocycles. The first-order chi connectivity index (χ1) is 13.0. The first kappa shape index (κ1) is 21.7. The maximum Gasteiger partial charge on any atom is 0.251 e. The molecule has 6 nitrogen and oxygen atoms in total. The van der Waals surface area contributed by atoms with Crippen LogP contribution in [0.25, 0.3) is 0 Å². The van der Waals surface area contributed by atoms with Crippen LogP contribution in [-0.2, 0) is 23.8 Å². The van der Waals surface area contributed by atoms with Gasteiger partial charge in [0, 0.05) is 38.0 Å². The molecule has 0 saturated carbocycles. The average molecular weight is 385 g/mol. The van der Waals surface area contributed by atoms with Crippen LogP contribution in [0.5, 0.6) is 0 Å². The van der Waals surface area contributed by atoms with Crippen molar-refractivity contribution in [2.24, 2.45) is 13.0 Å². The van der Waals surface area contributed by atoms with Crippen molar-refractivity contribution in [3.63, 3.8) is 0 Å². The molecular weight excluding hydrogens is 352 g/mol. The number of nitrogens with one attached hydrogen (secondary N) is 1. The van der Waals surface area contributed by atoms with Gasteiger partial charge in [-0.1, -0.05) is 46.8 Å². The van der Waals surface area contributed by atoms with Gasteiger partial charge in [0.2, 0.25) is 5.91 Å². The van der Waals surface area contributed by atoms with E-state index >= 15 is 0 Å². The summed E-state index contributed by atoms with van der Waals surface area (Å²) in [6, 6.07) is 6.98. The number of rotatable bonds is 6. The zero-order chi connectivity index (χ0) is 21.1. The van der Waals surface area contributed by atoms with E-state index in [9.17, 15) is 9.59 Å². The Morgan fingerprint density at radius 1 is 1.18 bits per heavy atom. The van der Waals surface area contributed by atoms with Crippen LogP contribution in [0.15, 0.2) is 36.7 Å². The van der Waals surface area contributed by atoms with E-state index in [1.54, 1.807) is 22.8 Å². The second-order valence-electron chi connectivity index (χ2n) is 8.74. The molecule has 1 atom stereocenters. The fraction of sp³-hybridized carbons (Fsp3) is 0.500. The Morgan fingerprint density at radius 3 is 2.25 bits per heavy atom. The van der Waals surface area contributed by atoms with Gasteiger partial charge in [0.25, 0.3) is 5.91 Å². The summed E-state index contributed by atoms with van der Waals surface area (Å²) in [6.45, 7) is 10.7. The Bertz CT molecular complexity index is 816. The smallest absolute Gasteiger partial charge is 0.251 e. The van der Waals surface area contributed by atoms with E-state index in [1.807, 2.05) is 51.4 Å². The molecule has 2 rings (SSSR count). The number of carbonyl (C=O) groups is 2. The predicted molar refractivity (Wildman–Crippen MR) is 111 cm³/mol. The molecule has 0 spiro atoms. The molecule has 28 heavy (non-hydrogen) atoms. The van der Waals surface area contributed by atoms with Crippen molar-refractivity contribution < 1.29 is 9.59 Å². The number of nitrogens with zero attached hydrogens (tertiary/aromatic N) is 3. The number of hydrogen-bond donors (Lipinski definition) is 1. The van der Waals surface area contributed by atoms with Crippen molar-refractivity contribution in [2.45, 2.75) is 52.6 Å². The lowest BCUT2D eigenvalue weighted by atomic mass is 9.86. The van der Waals surface area contributed by atoms with Crippen molar-refractivity contribution >= 4 is 11.8 Å². The molecule has 1 heterocycles. The van der Waals surface area contributed by atoms with Crippen LogP contribution in [0, 0.1) is 5.92 Å². The molecule has 1 aromatic carbocycles. The summed E-state index contributed by atoms with van der Waals surface area (Å²) in [5.41, 5.74) is 2.70. The van der Waals surface area contributed by atoms with Crippen molar-refractivity contribution in [1.29, 1.82) is 0 Å². The molecule has 0 aliphatic heterocycles. The second-order valence-corrected chi connectivity index (χ2v) is 8.74. The van der Waals surface area contributed by atoms with E-state index in [2.05, 4.69) is 31.2 Å². The molecule has 2 amide bonds. The Kier molecular flexibility index (Phi) is 6.65. The van der Waals surface area contributed by atoms with Gasteiger partial charge >= 0.3 is 0 Å². The van der Waals surface area contributed by atoms with Crippen molar-refractivity contribution in [3.05, 3.63) is 53.3 Å². The lowest BCUT2D eigenvalue weighted by molar-refractivity contribution is -0.133. The normalized spacial score (nSPS) is 12.7. The number of aromatic nitrogens is 2. The van der Waals surface area contributed by atoms with E-state index in [4.69, 9.17) is 0 Å². The van der Waals surface area contributed by atoms with Crippen molar-refractivity contribution in [2.75, 3.05) is 7.05 Å². The zero-order valence-electron chi connectivity index (χ0n) is 18.0. The monoisotopic (exact) mass is 384 g/mol. The van der Waals surface area contributed by atoms with Gasteiger partial charge in [-0.25, -0.2) is 0 Å². The summed E-state index contributed by atoms with van der Waals surface area (Å²) in [5.74, 6) is -0.373. The number of amides is 2. The van der Waals surface area contributed by atoms with Gasteiger partial charge in [-0.05, 0) is 29.0 Å². The van der Waals surface area contributed by atoms with E-state index in [0.29, 0.717) is 12.1 Å². The van der Waals surface area contributed by atoms with Gasteiger partial charge in [-0.3, -0.25) is 14.3 Å². The largest absolute Gasteiger partial charge is 0.340 e. The van der Waals surface area contributed by atoms with Crippen molar-refractivity contribution in [3.8, 4) is 0 Å². The highest BCUT2D eigenvalue weighted by molar-refractivity contribution is 5.97. The quantitative estimate of drug-likeness (QED) is 0.832. The average Bonchev–Trinajstić information content (AvgIpc) is 3.02. The van der Waals surface area contributed by atoms with Crippen LogP contribution < -0.4 is 5.32 Å². The van der Waals surface area contributed by atoms with Crippen LogP contribution in [0.2, 0.25) is 0 Å². The zero-order valence-corrected chi connectivity index (χ0v) is 18.0. The number of likely N-dealkylation sites (N-methyl/N-ethyl adjacent to an activating group) is 1. The summed E-state index contributed by atoms with van der Waals surface area (Å²) in [5, 5.41) is 7.04. The molecule has 6 heteroatoms. The molecule has 152 valence electrons. The van der Waals surface area contributed by atoms with E-state index < -0.39 is 6.04 Å². The summed E-state index contributed by atoms with van der Waals surface area (Å²) in [6.07, 6.45) is 3.62. The van der Waals surface area contributed by atoms with Gasteiger partial charge in [0.15, 0.2) is 0 Å². The highest BCUT2D eigenvalue weighted by atomic mass is 16.2. The third-order valence-corrected chi connectivity index (χ3v) is 4.79. The minimum absolute atomic E-state index is 0.0263. The fourth-order valence-corrected chi connectivity index (χ4v) is 3.00. The molecule has 0 fully saturated rings. The van der Waals surface area contributed by atoms with Gasteiger partial charge in [-0.15, -0.1) is 0 Å². The van der Waals surface area contributed by atoms with Gasteiger partial charge in [-0.2, -0.15) is 5.10 Å². The SMILES string of the molecule is CC(C)C(NC(=O)c1ccc(C(C)(C)C)cc1)C(=O)N(C)Cc1cnn(C)c1. The molecule has 0 bridgehead atoms. The molecule has 0 aliphatic carbocycles. The van der Waals surface area contributed by atoms with E-state index in [0.717, 1.165) is 11.1 Å². The van der Waals surface area contributed by atoms with Crippen LogP contribution in [0.3, 0.4) is 0 Å². The van der Waals surface area contributed by atoms with Gasteiger partial charge in [0.05, 0.1) is 6.20 Å². The number of aryl methyl sites for hydroxylation is 1. The lowest BCUT2D eigenvalue weighted by Crippen LogP contribution is -2.50. The standard InChI is InChI=1S/C22H32N4O2/c1-15(2)19(21(28)25(6)13-16-12-23-26(7)14-16)24-20(27)17-8-10-18(11-9-17)22(3,4)5/h8-12,14-15,19H,13H2,1-7H3,(H,24,27). The molecule has 1 N–H and O–H groups in total. The summed E-state index contributed by atoms with van der Waals surface area (Å²) < 4.78 is 1.70. The lowest BCUT2D eigenvalue weighted by Gasteiger charge is -2.27. The Labute approximate surface area is 167 Å². The number of hydrogen-bond acceptors (Lipinski definition) is 3. The van der Waals surface area contributed by atoms with Gasteiger partial charge in [0.1, 0.15) is 6.04 Å². The maximum absolute atomic E-state index is 12.9. The Hall–Kier alpha value is -2.63. The topological polar surface area (TPSA) is 67.2 Å². The maximum atomic E-state index is 12.9. The molecule has 2 aromatic rings. The molecule has 0 saturated heterocycles. The fourth-order valence-electron chi connectivity index (χ4n) is 3.00. The molecule has 0 aliphatic rings. The van der Waals surface area contributed by atoms with Crippen LogP contribution in [-0.4, -0.2) is 39.6 Å². The summed E-state index contributed by atoms with van der Waals surface area (Å²) in [7, 11) is 3.59. The molecule has 1 unspecified atom stereocenters. The first-order valence-electron chi connectivity index (χ1n) is 9.63. The predicted octanol–water partition coefficient (Wildman–Crippen LogP) is 3.13. The third-order valence-electron chi connectivity index (χ3n) is 4.79.